The molecule has 1 unspecified atom stereocenters. The van der Waals surface area contributed by atoms with Crippen LogP contribution in [0.4, 0.5) is 0 Å². The van der Waals surface area contributed by atoms with E-state index in [-0.39, 0.29) is 0 Å². The van der Waals surface area contributed by atoms with E-state index in [1.54, 1.807) is 0 Å². The Kier molecular flexibility index (Phi) is 5.60. The molecule has 0 aliphatic heterocycles. The van der Waals surface area contributed by atoms with Crippen LogP contribution in [-0.2, 0) is 0 Å². The van der Waals surface area contributed by atoms with Crippen molar-refractivity contribution >= 4 is 10.8 Å². The monoisotopic (exact) mass is 269 g/mol. The first-order chi connectivity index (χ1) is 9.80. The van der Waals surface area contributed by atoms with Gasteiger partial charge >= 0.3 is 0 Å². The molecule has 1 N–H and O–H groups in total. The summed E-state index contributed by atoms with van der Waals surface area (Å²) in [4.78, 5) is 0. The Labute approximate surface area is 123 Å². The highest BCUT2D eigenvalue weighted by molar-refractivity contribution is 5.83. The third-order valence-electron chi connectivity index (χ3n) is 4.23. The van der Waals surface area contributed by atoms with E-state index in [2.05, 4.69) is 68.7 Å². The molecule has 0 saturated heterocycles. The zero-order chi connectivity index (χ0) is 14.4. The van der Waals surface area contributed by atoms with E-state index in [1.807, 2.05) is 0 Å². The molecule has 0 aliphatic rings. The summed E-state index contributed by atoms with van der Waals surface area (Å²) >= 11 is 0. The predicted molar refractivity (Wildman–Crippen MR) is 89.1 cm³/mol. The summed E-state index contributed by atoms with van der Waals surface area (Å²) in [5.41, 5.74) is 1.43. The predicted octanol–water partition coefficient (Wildman–Crippen LogP) is 5.32. The summed E-state index contributed by atoms with van der Waals surface area (Å²) < 4.78 is 0. The van der Waals surface area contributed by atoms with E-state index >= 15 is 0 Å². The average Bonchev–Trinajstić information content (AvgIpc) is 2.48. The van der Waals surface area contributed by atoms with E-state index in [9.17, 15) is 0 Å². The van der Waals surface area contributed by atoms with Crippen LogP contribution in [0.15, 0.2) is 42.5 Å². The van der Waals surface area contributed by atoms with Gasteiger partial charge < -0.3 is 5.32 Å². The summed E-state index contributed by atoms with van der Waals surface area (Å²) in [6.07, 6.45) is 5.12. The van der Waals surface area contributed by atoms with Gasteiger partial charge in [0.1, 0.15) is 0 Å². The molecule has 108 valence electrons. The van der Waals surface area contributed by atoms with Crippen LogP contribution in [0, 0.1) is 5.92 Å². The number of hydrogen-bond acceptors (Lipinski definition) is 1. The van der Waals surface area contributed by atoms with Gasteiger partial charge in [0.15, 0.2) is 0 Å². The highest BCUT2D eigenvalue weighted by Gasteiger charge is 2.20. The Hall–Kier alpha value is -1.34. The van der Waals surface area contributed by atoms with Gasteiger partial charge in [-0.3, -0.25) is 0 Å². The molecule has 0 aromatic heterocycles. The van der Waals surface area contributed by atoms with Crippen molar-refractivity contribution in [2.24, 2.45) is 5.92 Å². The van der Waals surface area contributed by atoms with Crippen molar-refractivity contribution in [3.8, 4) is 0 Å². The molecule has 0 bridgehead atoms. The minimum Gasteiger partial charge on any atom is -0.313 e. The standard InChI is InChI=1S/C19H27N/c1-4-8-16(9-5-2)19(20-3)18-13-12-15-10-6-7-11-17(15)14-18/h6-7,10-14,16,19-20H,4-5,8-9H2,1-3H3. The number of benzene rings is 2. The molecule has 20 heavy (non-hydrogen) atoms. The third-order valence-corrected chi connectivity index (χ3v) is 4.23. The molecule has 0 fully saturated rings. The molecule has 0 heterocycles. The lowest BCUT2D eigenvalue weighted by Gasteiger charge is -2.27. The SMILES string of the molecule is CCCC(CCC)C(NC)c1ccc2ccccc2c1. The van der Waals surface area contributed by atoms with Gasteiger partial charge in [-0.15, -0.1) is 0 Å². The lowest BCUT2D eigenvalue weighted by atomic mass is 9.85. The zero-order valence-corrected chi connectivity index (χ0v) is 13.0. The Bertz CT molecular complexity index is 526. The third kappa shape index (κ3) is 3.40. The number of rotatable bonds is 7. The second-order valence-electron chi connectivity index (χ2n) is 5.71. The fourth-order valence-corrected chi connectivity index (χ4v) is 3.30. The average molecular weight is 269 g/mol. The van der Waals surface area contributed by atoms with Crippen LogP contribution in [-0.4, -0.2) is 7.05 Å². The minimum absolute atomic E-state index is 0.472. The van der Waals surface area contributed by atoms with Gasteiger partial charge in [0.25, 0.3) is 0 Å². The van der Waals surface area contributed by atoms with Crippen molar-refractivity contribution in [2.45, 2.75) is 45.6 Å². The first-order valence-corrected chi connectivity index (χ1v) is 7.96. The summed E-state index contributed by atoms with van der Waals surface area (Å²) in [6, 6.07) is 16.0. The summed E-state index contributed by atoms with van der Waals surface area (Å²) in [5.74, 6) is 0.733. The lowest BCUT2D eigenvalue weighted by molar-refractivity contribution is 0.331. The van der Waals surface area contributed by atoms with Crippen LogP contribution < -0.4 is 5.32 Å². The summed E-state index contributed by atoms with van der Waals surface area (Å²) in [6.45, 7) is 4.57. The normalized spacial score (nSPS) is 13.0. The second kappa shape index (κ2) is 7.44. The Morgan fingerprint density at radius 2 is 1.55 bits per heavy atom. The Morgan fingerprint density at radius 3 is 2.15 bits per heavy atom. The molecule has 1 nitrogen and oxygen atoms in total. The van der Waals surface area contributed by atoms with Crippen molar-refractivity contribution in [1.82, 2.24) is 5.32 Å². The molecule has 2 aromatic rings. The molecule has 0 amide bonds. The van der Waals surface area contributed by atoms with Crippen molar-refractivity contribution in [3.05, 3.63) is 48.0 Å². The van der Waals surface area contributed by atoms with Crippen molar-refractivity contribution in [3.63, 3.8) is 0 Å². The summed E-state index contributed by atoms with van der Waals surface area (Å²) in [5, 5.41) is 6.22. The number of fused-ring (bicyclic) bond motifs is 1. The van der Waals surface area contributed by atoms with Crippen LogP contribution in [0.25, 0.3) is 10.8 Å². The quantitative estimate of drug-likeness (QED) is 0.717. The van der Waals surface area contributed by atoms with Crippen LogP contribution in [0.3, 0.4) is 0 Å². The highest BCUT2D eigenvalue weighted by atomic mass is 14.9. The molecular formula is C19H27N. The zero-order valence-electron chi connectivity index (χ0n) is 13.0. The number of nitrogens with one attached hydrogen (secondary N) is 1. The smallest absolute Gasteiger partial charge is 0.0346 e. The maximum absolute atomic E-state index is 3.55. The van der Waals surface area contributed by atoms with Gasteiger partial charge in [-0.25, -0.2) is 0 Å². The van der Waals surface area contributed by atoms with Crippen LogP contribution in [0.1, 0.15) is 51.1 Å². The molecular weight excluding hydrogens is 242 g/mol. The van der Waals surface area contributed by atoms with Gasteiger partial charge in [-0.1, -0.05) is 63.1 Å². The highest BCUT2D eigenvalue weighted by Crippen LogP contribution is 2.31. The van der Waals surface area contributed by atoms with E-state index in [0.29, 0.717) is 6.04 Å². The minimum atomic E-state index is 0.472. The van der Waals surface area contributed by atoms with Gasteiger partial charge in [0.2, 0.25) is 0 Å². The Morgan fingerprint density at radius 1 is 0.900 bits per heavy atom. The first-order valence-electron chi connectivity index (χ1n) is 7.96. The molecule has 0 aliphatic carbocycles. The van der Waals surface area contributed by atoms with Crippen LogP contribution >= 0.6 is 0 Å². The fourth-order valence-electron chi connectivity index (χ4n) is 3.30. The van der Waals surface area contributed by atoms with Crippen LogP contribution in [0.2, 0.25) is 0 Å². The fraction of sp³-hybridized carbons (Fsp3) is 0.474. The largest absolute Gasteiger partial charge is 0.313 e. The molecule has 0 saturated carbocycles. The van der Waals surface area contributed by atoms with Gasteiger partial charge in [0, 0.05) is 6.04 Å². The number of hydrogen-bond donors (Lipinski definition) is 1. The van der Waals surface area contributed by atoms with E-state index in [4.69, 9.17) is 0 Å². The van der Waals surface area contributed by atoms with E-state index in [0.717, 1.165) is 5.92 Å². The van der Waals surface area contributed by atoms with Crippen molar-refractivity contribution in [2.75, 3.05) is 7.05 Å². The van der Waals surface area contributed by atoms with Gasteiger partial charge in [-0.2, -0.15) is 0 Å². The van der Waals surface area contributed by atoms with Gasteiger partial charge in [0.05, 0.1) is 0 Å². The van der Waals surface area contributed by atoms with Gasteiger partial charge in [-0.05, 0) is 48.2 Å². The molecule has 1 atom stereocenters. The molecule has 2 aromatic carbocycles. The topological polar surface area (TPSA) is 12.0 Å². The molecule has 1 heteroatoms. The van der Waals surface area contributed by atoms with Crippen LogP contribution in [0.5, 0.6) is 0 Å². The Balaban J connectivity index is 2.31. The van der Waals surface area contributed by atoms with E-state index in [1.165, 1.54) is 42.0 Å². The van der Waals surface area contributed by atoms with Crippen molar-refractivity contribution in [1.29, 1.82) is 0 Å². The second-order valence-corrected chi connectivity index (χ2v) is 5.71. The molecule has 2 rings (SSSR count). The van der Waals surface area contributed by atoms with Crippen molar-refractivity contribution < 1.29 is 0 Å². The lowest BCUT2D eigenvalue weighted by Crippen LogP contribution is -2.25. The summed E-state index contributed by atoms with van der Waals surface area (Å²) in [7, 11) is 2.10. The maximum atomic E-state index is 3.55. The molecule has 0 radical (unpaired) electrons. The van der Waals surface area contributed by atoms with E-state index < -0.39 is 0 Å². The molecule has 0 spiro atoms. The first kappa shape index (κ1) is 15.1. The maximum Gasteiger partial charge on any atom is 0.0346 e.